The third-order valence-corrected chi connectivity index (χ3v) is 21.4. The van der Waals surface area contributed by atoms with Gasteiger partial charge < -0.3 is 13.7 Å². The first-order chi connectivity index (χ1) is 46.6. The van der Waals surface area contributed by atoms with Gasteiger partial charge in [0.15, 0.2) is 5.82 Å². The summed E-state index contributed by atoms with van der Waals surface area (Å²) < 4.78 is 7.41. The Morgan fingerprint density at radius 1 is 0.242 bits per heavy atom. The molecule has 0 bridgehead atoms. The van der Waals surface area contributed by atoms with Gasteiger partial charge in [0, 0.05) is 82.1 Å². The number of hydrogen-bond donors (Lipinski definition) is 0. The molecular weight excluding hydrogens is 1150 g/mol. The van der Waals surface area contributed by atoms with E-state index in [1.807, 2.05) is 0 Å². The van der Waals surface area contributed by atoms with Gasteiger partial charge in [0.2, 0.25) is 0 Å². The minimum absolute atomic E-state index is 0.114. The van der Waals surface area contributed by atoms with Gasteiger partial charge in [0.05, 0.1) is 44.3 Å². The van der Waals surface area contributed by atoms with Crippen LogP contribution in [0.15, 0.2) is 297 Å². The monoisotopic (exact) mass is 1210 g/mol. The van der Waals surface area contributed by atoms with E-state index in [1.54, 1.807) is 0 Å². The molecule has 4 heterocycles. The van der Waals surface area contributed by atoms with Crippen LogP contribution in [0.25, 0.3) is 171 Å². The summed E-state index contributed by atoms with van der Waals surface area (Å²) >= 11 is 0. The first kappa shape index (κ1) is 53.7. The van der Waals surface area contributed by atoms with Crippen molar-refractivity contribution in [3.63, 3.8) is 0 Å². The Kier molecular flexibility index (Phi) is 11.2. The van der Waals surface area contributed by atoms with Crippen molar-refractivity contribution < 1.29 is 0 Å². The third kappa shape index (κ3) is 7.78. The molecule has 0 N–H and O–H groups in total. The fourth-order valence-electron chi connectivity index (χ4n) is 16.8. The van der Waals surface area contributed by atoms with E-state index in [2.05, 4.69) is 339 Å². The Morgan fingerprint density at radius 3 is 1.26 bits per heavy atom. The van der Waals surface area contributed by atoms with Crippen molar-refractivity contribution in [1.29, 1.82) is 0 Å². The van der Waals surface area contributed by atoms with Crippen molar-refractivity contribution in [3.8, 4) is 84.2 Å². The van der Waals surface area contributed by atoms with Gasteiger partial charge in [-0.2, -0.15) is 0 Å². The Morgan fingerprint density at radius 2 is 0.674 bits per heavy atom. The lowest BCUT2D eigenvalue weighted by molar-refractivity contribution is 0.660. The van der Waals surface area contributed by atoms with Gasteiger partial charge in [-0.05, 0) is 163 Å². The van der Waals surface area contributed by atoms with E-state index in [-0.39, 0.29) is 10.8 Å². The minimum atomic E-state index is -0.114. The first-order valence-corrected chi connectivity index (χ1v) is 33.1. The summed E-state index contributed by atoms with van der Waals surface area (Å²) in [7, 11) is 0. The molecule has 0 spiro atoms. The van der Waals surface area contributed by atoms with Crippen LogP contribution in [0.5, 0.6) is 0 Å². The highest BCUT2D eigenvalue weighted by molar-refractivity contribution is 6.15. The van der Waals surface area contributed by atoms with E-state index in [4.69, 9.17) is 9.97 Å². The molecule has 0 unspecified atom stereocenters. The average molecular weight is 1210 g/mol. The van der Waals surface area contributed by atoms with Crippen LogP contribution in [-0.2, 0) is 10.8 Å². The highest BCUT2D eigenvalue weighted by Gasteiger charge is 2.37. The highest BCUT2D eigenvalue weighted by Crippen LogP contribution is 2.52. The normalized spacial score (nSPS) is 13.6. The molecule has 20 rings (SSSR count). The molecule has 95 heavy (non-hydrogen) atoms. The quantitative estimate of drug-likeness (QED) is 0.149. The van der Waals surface area contributed by atoms with Crippen LogP contribution in [0.3, 0.4) is 0 Å². The smallest absolute Gasteiger partial charge is 0.160 e. The largest absolute Gasteiger partial charge is 0.309 e. The Hall–Kier alpha value is -11.9. The van der Waals surface area contributed by atoms with Crippen molar-refractivity contribution in [1.82, 2.24) is 23.7 Å². The molecule has 0 atom stereocenters. The number of benzene rings is 14. The van der Waals surface area contributed by atoms with Crippen molar-refractivity contribution >= 4 is 87.1 Å². The second-order valence-corrected chi connectivity index (χ2v) is 27.3. The predicted octanol–water partition coefficient (Wildman–Crippen LogP) is 23.4. The Balaban J connectivity index is 0.764. The van der Waals surface area contributed by atoms with E-state index in [0.717, 1.165) is 77.5 Å². The van der Waals surface area contributed by atoms with Gasteiger partial charge >= 0.3 is 0 Å². The zero-order valence-corrected chi connectivity index (χ0v) is 53.0. The first-order valence-electron chi connectivity index (χ1n) is 33.1. The van der Waals surface area contributed by atoms with Crippen LogP contribution in [0.4, 0.5) is 0 Å². The number of fused-ring (bicyclic) bond motifs is 18. The lowest BCUT2D eigenvalue weighted by Gasteiger charge is -2.22. The molecule has 0 amide bonds. The van der Waals surface area contributed by atoms with Crippen LogP contribution in [0.1, 0.15) is 49.9 Å². The van der Waals surface area contributed by atoms with Crippen LogP contribution >= 0.6 is 0 Å². The molecule has 0 radical (unpaired) electrons. The van der Waals surface area contributed by atoms with E-state index in [0.29, 0.717) is 5.82 Å². The van der Waals surface area contributed by atoms with Gasteiger partial charge in [-0.3, -0.25) is 0 Å². The summed E-state index contributed by atoms with van der Waals surface area (Å²) in [5, 5.41) is 10.5. The molecule has 4 aromatic heterocycles. The standard InChI is InChI=1S/C90H61N5/c1-89(2)76-29-14-10-25-65(76)67-43-38-62(52-78(67)89)93-80-31-16-12-27-69(80)74-48-56(36-45-82(74)93)58-34-40-71-72-41-35-59(57-37-46-83-75(49-57)70-28-13-17-32-81(70)94(83)63-39-44-68-66-26-11-15-30-77(66)90(3,4)79(68)53-63)51-85(72)95(84(71)50-58)61-23-18-22-60(47-61)88-91-86(55-20-6-5-7-21-55)73-42-33-54-19-8-9-24-64(54)87(73)92-88/h5-53H,1-4H3. The number of rotatable bonds is 7. The topological polar surface area (TPSA) is 40.6 Å². The molecule has 2 aliphatic rings. The average Bonchev–Trinajstić information content (AvgIpc) is 1.62. The number of nitrogens with zero attached hydrogens (tertiary/aromatic N) is 5. The van der Waals surface area contributed by atoms with Crippen molar-refractivity contribution in [2.75, 3.05) is 0 Å². The molecule has 5 nitrogen and oxygen atoms in total. The van der Waals surface area contributed by atoms with Crippen molar-refractivity contribution in [3.05, 3.63) is 320 Å². The Labute approximate surface area is 549 Å². The maximum atomic E-state index is 5.49. The second-order valence-electron chi connectivity index (χ2n) is 27.3. The second kappa shape index (κ2) is 19.8. The van der Waals surface area contributed by atoms with Gasteiger partial charge in [-0.25, -0.2) is 9.97 Å². The molecule has 0 aliphatic heterocycles. The van der Waals surface area contributed by atoms with Gasteiger partial charge in [-0.15, -0.1) is 0 Å². The van der Waals surface area contributed by atoms with E-state index < -0.39 is 0 Å². The van der Waals surface area contributed by atoms with Crippen LogP contribution < -0.4 is 0 Å². The zero-order valence-electron chi connectivity index (χ0n) is 53.0. The molecule has 446 valence electrons. The number of hydrogen-bond acceptors (Lipinski definition) is 2. The molecule has 0 fully saturated rings. The summed E-state index contributed by atoms with van der Waals surface area (Å²) in [6.07, 6.45) is 0. The highest BCUT2D eigenvalue weighted by atomic mass is 15.0. The molecule has 14 aromatic carbocycles. The van der Waals surface area contributed by atoms with Gasteiger partial charge in [-0.1, -0.05) is 234 Å². The Bertz CT molecular complexity index is 6060. The maximum Gasteiger partial charge on any atom is 0.160 e. The van der Waals surface area contributed by atoms with E-state index in [9.17, 15) is 0 Å². The van der Waals surface area contributed by atoms with Gasteiger partial charge in [0.1, 0.15) is 0 Å². The van der Waals surface area contributed by atoms with Crippen molar-refractivity contribution in [2.45, 2.75) is 38.5 Å². The molecule has 18 aromatic rings. The van der Waals surface area contributed by atoms with E-state index >= 15 is 0 Å². The lowest BCUT2D eigenvalue weighted by Crippen LogP contribution is -2.15. The predicted molar refractivity (Wildman–Crippen MR) is 397 cm³/mol. The van der Waals surface area contributed by atoms with Crippen LogP contribution in [-0.4, -0.2) is 23.7 Å². The molecule has 0 saturated heterocycles. The maximum absolute atomic E-state index is 5.49. The minimum Gasteiger partial charge on any atom is -0.309 e. The molecular formula is C90H61N5. The summed E-state index contributed by atoms with van der Waals surface area (Å²) in [4.78, 5) is 11.0. The summed E-state index contributed by atoms with van der Waals surface area (Å²) in [5.41, 5.74) is 29.4. The number of para-hydroxylation sites is 2. The molecule has 0 saturated carbocycles. The summed E-state index contributed by atoms with van der Waals surface area (Å²) in [6.45, 7) is 9.46. The van der Waals surface area contributed by atoms with Crippen molar-refractivity contribution in [2.24, 2.45) is 0 Å². The number of aromatic nitrogens is 5. The van der Waals surface area contributed by atoms with Crippen LogP contribution in [0.2, 0.25) is 0 Å². The van der Waals surface area contributed by atoms with Crippen LogP contribution in [0, 0.1) is 0 Å². The SMILES string of the molecule is CC1(C)c2ccccc2-c2ccc(-n3c4ccccc4c4cc(-c5ccc6c7ccc(-c8ccc9c(c8)c8ccccc8n9-c8ccc9c(c8)C(C)(C)c8ccccc8-9)cc7n(-c7cccc(-c8nc(-c9ccccc9)c9ccc%10ccccc%10c9n8)c7)c6c5)ccc43)cc21. The fraction of sp³-hybridized carbons (Fsp3) is 0.0667. The fourth-order valence-corrected chi connectivity index (χ4v) is 16.8. The van der Waals surface area contributed by atoms with Gasteiger partial charge in [0.25, 0.3) is 0 Å². The molecule has 5 heteroatoms. The zero-order chi connectivity index (χ0) is 63.0. The third-order valence-electron chi connectivity index (χ3n) is 21.4. The lowest BCUT2D eigenvalue weighted by atomic mass is 9.82. The molecule has 2 aliphatic carbocycles. The summed E-state index contributed by atoms with van der Waals surface area (Å²) in [6, 6.07) is 110. The summed E-state index contributed by atoms with van der Waals surface area (Å²) in [5.74, 6) is 0.680. The van der Waals surface area contributed by atoms with E-state index in [1.165, 1.54) is 110 Å².